The standard InChI is InChI=1S/C17H29NO/c1-16(2,3)13-10-12(8-9-18-7)11-14(15(13)19)17(4,5)6/h10-11,18-19H,8-9H2,1-7H3. The van der Waals surface area contributed by atoms with E-state index in [1.165, 1.54) is 5.56 Å². The van der Waals surface area contributed by atoms with Crippen LogP contribution in [0.1, 0.15) is 58.2 Å². The van der Waals surface area contributed by atoms with Crippen molar-refractivity contribution in [2.75, 3.05) is 13.6 Å². The fraction of sp³-hybridized carbons (Fsp3) is 0.647. The Morgan fingerprint density at radius 3 is 1.68 bits per heavy atom. The SMILES string of the molecule is CNCCc1cc(C(C)(C)C)c(O)c(C(C)(C)C)c1. The number of hydrogen-bond acceptors (Lipinski definition) is 2. The molecule has 0 saturated carbocycles. The van der Waals surface area contributed by atoms with Crippen LogP contribution in [-0.2, 0) is 17.3 Å². The number of nitrogens with one attached hydrogen (secondary N) is 1. The molecule has 0 aliphatic heterocycles. The van der Waals surface area contributed by atoms with Crippen molar-refractivity contribution in [3.05, 3.63) is 28.8 Å². The lowest BCUT2D eigenvalue weighted by Crippen LogP contribution is -2.19. The first kappa shape index (κ1) is 16.0. The Balaban J connectivity index is 3.39. The van der Waals surface area contributed by atoms with Gasteiger partial charge in [-0.3, -0.25) is 0 Å². The number of hydrogen-bond donors (Lipinski definition) is 2. The van der Waals surface area contributed by atoms with Gasteiger partial charge >= 0.3 is 0 Å². The van der Waals surface area contributed by atoms with Crippen LogP contribution in [0.15, 0.2) is 12.1 Å². The van der Waals surface area contributed by atoms with Crippen molar-refractivity contribution in [2.45, 2.75) is 58.8 Å². The molecule has 19 heavy (non-hydrogen) atoms. The third kappa shape index (κ3) is 3.97. The molecule has 0 aliphatic carbocycles. The van der Waals surface area contributed by atoms with Crippen LogP contribution in [0.25, 0.3) is 0 Å². The summed E-state index contributed by atoms with van der Waals surface area (Å²) in [5.41, 5.74) is 3.30. The first-order valence-corrected chi connectivity index (χ1v) is 7.09. The Morgan fingerprint density at radius 2 is 1.37 bits per heavy atom. The minimum Gasteiger partial charge on any atom is -0.507 e. The number of phenolic OH excluding ortho intramolecular Hbond substituents is 1. The Bertz CT molecular complexity index is 401. The van der Waals surface area contributed by atoms with Gasteiger partial charge in [-0.05, 0) is 47.5 Å². The van der Waals surface area contributed by atoms with Gasteiger partial charge in [0.25, 0.3) is 0 Å². The van der Waals surface area contributed by atoms with Crippen molar-refractivity contribution in [2.24, 2.45) is 0 Å². The van der Waals surface area contributed by atoms with Gasteiger partial charge in [-0.25, -0.2) is 0 Å². The Morgan fingerprint density at radius 1 is 0.947 bits per heavy atom. The molecule has 0 saturated heterocycles. The van der Waals surface area contributed by atoms with Crippen molar-refractivity contribution >= 4 is 0 Å². The molecule has 1 aromatic rings. The molecule has 0 heterocycles. The van der Waals surface area contributed by atoms with Crippen LogP contribution in [0.2, 0.25) is 0 Å². The summed E-state index contributed by atoms with van der Waals surface area (Å²) >= 11 is 0. The summed E-state index contributed by atoms with van der Waals surface area (Å²) in [5.74, 6) is 0.466. The molecule has 0 unspecified atom stereocenters. The van der Waals surface area contributed by atoms with Gasteiger partial charge in [-0.2, -0.15) is 0 Å². The number of likely N-dealkylation sites (N-methyl/N-ethyl adjacent to an activating group) is 1. The molecule has 0 atom stereocenters. The lowest BCUT2D eigenvalue weighted by atomic mass is 9.78. The van der Waals surface area contributed by atoms with Gasteiger partial charge in [0.15, 0.2) is 0 Å². The number of rotatable bonds is 3. The Hall–Kier alpha value is -1.02. The molecule has 0 bridgehead atoms. The fourth-order valence-electron chi connectivity index (χ4n) is 2.25. The van der Waals surface area contributed by atoms with Crippen LogP contribution < -0.4 is 5.32 Å². The van der Waals surface area contributed by atoms with E-state index >= 15 is 0 Å². The molecule has 1 rings (SSSR count). The maximum absolute atomic E-state index is 10.6. The van der Waals surface area contributed by atoms with Crippen LogP contribution >= 0.6 is 0 Å². The second-order valence-corrected chi connectivity index (χ2v) is 7.39. The molecule has 108 valence electrons. The normalized spacial score (nSPS) is 12.8. The third-order valence-corrected chi connectivity index (χ3v) is 3.45. The summed E-state index contributed by atoms with van der Waals surface area (Å²) in [4.78, 5) is 0. The minimum absolute atomic E-state index is 0.0419. The molecule has 0 aromatic heterocycles. The molecule has 1 aromatic carbocycles. The lowest BCUT2D eigenvalue weighted by Gasteiger charge is -2.28. The highest BCUT2D eigenvalue weighted by Crippen LogP contribution is 2.39. The first-order valence-electron chi connectivity index (χ1n) is 7.09. The maximum Gasteiger partial charge on any atom is 0.123 e. The molecule has 2 heteroatoms. The molecular formula is C17H29NO. The maximum atomic E-state index is 10.6. The van der Waals surface area contributed by atoms with Crippen LogP contribution in [0.4, 0.5) is 0 Å². The Labute approximate surface area is 118 Å². The predicted octanol–water partition coefficient (Wildman–Crippen LogP) is 3.75. The molecule has 2 nitrogen and oxygen atoms in total. The molecule has 0 spiro atoms. The summed E-state index contributed by atoms with van der Waals surface area (Å²) < 4.78 is 0. The topological polar surface area (TPSA) is 32.3 Å². The lowest BCUT2D eigenvalue weighted by molar-refractivity contribution is 0.422. The van der Waals surface area contributed by atoms with E-state index in [2.05, 4.69) is 59.0 Å². The summed E-state index contributed by atoms with van der Waals surface area (Å²) in [6.45, 7) is 13.9. The zero-order chi connectivity index (χ0) is 14.8. The summed E-state index contributed by atoms with van der Waals surface area (Å²) in [7, 11) is 1.97. The van der Waals surface area contributed by atoms with Gasteiger partial charge in [0.1, 0.15) is 5.75 Å². The smallest absolute Gasteiger partial charge is 0.123 e. The van der Waals surface area contributed by atoms with Gasteiger partial charge in [0, 0.05) is 0 Å². The van der Waals surface area contributed by atoms with Crippen molar-refractivity contribution in [3.63, 3.8) is 0 Å². The average molecular weight is 263 g/mol. The highest BCUT2D eigenvalue weighted by atomic mass is 16.3. The van der Waals surface area contributed by atoms with Gasteiger partial charge < -0.3 is 10.4 Å². The van der Waals surface area contributed by atoms with E-state index in [0.717, 1.165) is 24.1 Å². The van der Waals surface area contributed by atoms with E-state index in [9.17, 15) is 5.11 Å². The largest absolute Gasteiger partial charge is 0.507 e. The van der Waals surface area contributed by atoms with E-state index in [4.69, 9.17) is 0 Å². The van der Waals surface area contributed by atoms with E-state index < -0.39 is 0 Å². The quantitative estimate of drug-likeness (QED) is 0.870. The van der Waals surface area contributed by atoms with Crippen molar-refractivity contribution in [3.8, 4) is 5.75 Å². The highest BCUT2D eigenvalue weighted by molar-refractivity contribution is 5.49. The predicted molar refractivity (Wildman–Crippen MR) is 83.1 cm³/mol. The molecule has 0 fully saturated rings. The number of aromatic hydroxyl groups is 1. The summed E-state index contributed by atoms with van der Waals surface area (Å²) in [6.07, 6.45) is 0.989. The second kappa shape index (κ2) is 5.54. The van der Waals surface area contributed by atoms with Crippen molar-refractivity contribution in [1.29, 1.82) is 0 Å². The average Bonchev–Trinajstić information content (AvgIpc) is 2.24. The summed E-state index contributed by atoms with van der Waals surface area (Å²) in [6, 6.07) is 4.31. The van der Waals surface area contributed by atoms with Gasteiger partial charge in [-0.1, -0.05) is 53.7 Å². The van der Waals surface area contributed by atoms with Crippen LogP contribution in [-0.4, -0.2) is 18.7 Å². The minimum atomic E-state index is -0.0419. The monoisotopic (exact) mass is 263 g/mol. The van der Waals surface area contributed by atoms with Crippen LogP contribution in [0.3, 0.4) is 0 Å². The van der Waals surface area contributed by atoms with Crippen LogP contribution in [0, 0.1) is 0 Å². The Kier molecular flexibility index (Phi) is 4.67. The zero-order valence-corrected chi connectivity index (χ0v) is 13.5. The van der Waals surface area contributed by atoms with Crippen molar-refractivity contribution < 1.29 is 5.11 Å². The molecule has 2 N–H and O–H groups in total. The first-order chi connectivity index (χ1) is 8.57. The van der Waals surface area contributed by atoms with E-state index in [0.29, 0.717) is 5.75 Å². The second-order valence-electron chi connectivity index (χ2n) is 7.39. The summed E-state index contributed by atoms with van der Waals surface area (Å²) in [5, 5.41) is 13.8. The fourth-order valence-corrected chi connectivity index (χ4v) is 2.25. The van der Waals surface area contributed by atoms with E-state index in [1.807, 2.05) is 7.05 Å². The van der Waals surface area contributed by atoms with Crippen LogP contribution in [0.5, 0.6) is 5.75 Å². The molecule has 0 radical (unpaired) electrons. The molecule has 0 amide bonds. The van der Waals surface area contributed by atoms with Gasteiger partial charge in [-0.15, -0.1) is 0 Å². The molecular weight excluding hydrogens is 234 g/mol. The highest BCUT2D eigenvalue weighted by Gasteiger charge is 2.26. The zero-order valence-electron chi connectivity index (χ0n) is 13.5. The molecule has 0 aliphatic rings. The van der Waals surface area contributed by atoms with E-state index in [-0.39, 0.29) is 10.8 Å². The van der Waals surface area contributed by atoms with Gasteiger partial charge in [0.05, 0.1) is 0 Å². The number of benzene rings is 1. The third-order valence-electron chi connectivity index (χ3n) is 3.45. The van der Waals surface area contributed by atoms with Gasteiger partial charge in [0.2, 0.25) is 0 Å². The van der Waals surface area contributed by atoms with E-state index in [1.54, 1.807) is 0 Å². The van der Waals surface area contributed by atoms with Crippen molar-refractivity contribution in [1.82, 2.24) is 5.32 Å². The number of phenols is 1.